The van der Waals surface area contributed by atoms with Crippen molar-refractivity contribution in [1.29, 1.82) is 0 Å². The number of hydrogen-bond acceptors (Lipinski definition) is 6. The van der Waals surface area contributed by atoms with Gasteiger partial charge in [0.15, 0.2) is 0 Å². The van der Waals surface area contributed by atoms with Gasteiger partial charge in [-0.2, -0.15) is 4.31 Å². The first-order valence-corrected chi connectivity index (χ1v) is 9.22. The molecule has 0 aliphatic heterocycles. The van der Waals surface area contributed by atoms with Gasteiger partial charge in [-0.3, -0.25) is 0 Å². The molecule has 0 unspecified atom stereocenters. The van der Waals surface area contributed by atoms with Crippen molar-refractivity contribution in [3.05, 3.63) is 16.3 Å². The Hall–Kier alpha value is -0.510. The molecule has 0 aliphatic carbocycles. The van der Waals surface area contributed by atoms with Crippen LogP contribution in [-0.4, -0.2) is 57.3 Å². The van der Waals surface area contributed by atoms with Crippen molar-refractivity contribution in [2.45, 2.75) is 25.3 Å². The molecule has 0 atom stereocenters. The average Bonchev–Trinajstić information content (AvgIpc) is 2.95. The monoisotopic (exact) mass is 337 g/mol. The van der Waals surface area contributed by atoms with Crippen molar-refractivity contribution < 1.29 is 23.0 Å². The van der Waals surface area contributed by atoms with E-state index in [1.165, 1.54) is 21.7 Å². The summed E-state index contributed by atoms with van der Waals surface area (Å²) in [4.78, 5) is 0.621. The zero-order valence-corrected chi connectivity index (χ0v) is 14.1. The molecular formula is C13H23NO5S2. The second-order valence-electron chi connectivity index (χ2n) is 4.16. The molecule has 0 aliphatic rings. The van der Waals surface area contributed by atoms with Crippen LogP contribution in [-0.2, 0) is 26.1 Å². The third-order valence-electron chi connectivity index (χ3n) is 2.84. The molecular weight excluding hydrogens is 314 g/mol. The average molecular weight is 337 g/mol. The van der Waals surface area contributed by atoms with Gasteiger partial charge >= 0.3 is 0 Å². The van der Waals surface area contributed by atoms with Gasteiger partial charge in [0.2, 0.25) is 10.0 Å². The number of thiophene rings is 1. The Labute approximate surface area is 130 Å². The number of rotatable bonds is 11. The van der Waals surface area contributed by atoms with Gasteiger partial charge in [-0.25, -0.2) is 8.42 Å². The molecule has 0 spiro atoms. The Morgan fingerprint density at radius 3 is 2.24 bits per heavy atom. The summed E-state index contributed by atoms with van der Waals surface area (Å²) < 4.78 is 37.2. The molecule has 1 aromatic heterocycles. The summed E-state index contributed by atoms with van der Waals surface area (Å²) in [6.45, 7) is 5.73. The van der Waals surface area contributed by atoms with Gasteiger partial charge in [0.05, 0.1) is 24.7 Å². The Bertz CT molecular complexity index is 490. The van der Waals surface area contributed by atoms with Crippen molar-refractivity contribution in [2.75, 3.05) is 39.5 Å². The van der Waals surface area contributed by atoms with E-state index in [9.17, 15) is 13.5 Å². The Balaban J connectivity index is 2.87. The van der Waals surface area contributed by atoms with Gasteiger partial charge in [0, 0.05) is 31.2 Å². The predicted molar refractivity (Wildman–Crippen MR) is 82.0 cm³/mol. The van der Waals surface area contributed by atoms with Crippen LogP contribution in [0.5, 0.6) is 0 Å². The SMILES string of the molecule is CCOCCN(CCOCC)S(=O)(=O)c1ccsc1CO. The minimum Gasteiger partial charge on any atom is -0.391 e. The molecule has 1 rings (SSSR count). The van der Waals surface area contributed by atoms with Gasteiger partial charge in [0.1, 0.15) is 0 Å². The maximum Gasteiger partial charge on any atom is 0.244 e. The Morgan fingerprint density at radius 1 is 1.19 bits per heavy atom. The van der Waals surface area contributed by atoms with Crippen LogP contribution in [0.15, 0.2) is 16.3 Å². The molecule has 0 bridgehead atoms. The summed E-state index contributed by atoms with van der Waals surface area (Å²) in [5.41, 5.74) is 0. The Kier molecular flexibility index (Phi) is 8.38. The van der Waals surface area contributed by atoms with Crippen molar-refractivity contribution >= 4 is 21.4 Å². The van der Waals surface area contributed by atoms with Crippen LogP contribution >= 0.6 is 11.3 Å². The van der Waals surface area contributed by atoms with E-state index >= 15 is 0 Å². The lowest BCUT2D eigenvalue weighted by Crippen LogP contribution is -2.37. The molecule has 1 N–H and O–H groups in total. The van der Waals surface area contributed by atoms with Crippen molar-refractivity contribution in [3.63, 3.8) is 0 Å². The zero-order chi connectivity index (χ0) is 15.7. The lowest BCUT2D eigenvalue weighted by molar-refractivity contribution is 0.110. The molecule has 0 saturated carbocycles. The summed E-state index contributed by atoms with van der Waals surface area (Å²) >= 11 is 1.23. The number of ether oxygens (including phenoxy) is 2. The van der Waals surface area contributed by atoms with E-state index in [2.05, 4.69) is 0 Å². The van der Waals surface area contributed by atoms with Crippen molar-refractivity contribution in [1.82, 2.24) is 4.31 Å². The molecule has 0 saturated heterocycles. The van der Waals surface area contributed by atoms with Crippen LogP contribution in [0.3, 0.4) is 0 Å². The summed E-state index contributed by atoms with van der Waals surface area (Å²) in [6.07, 6.45) is 0. The van der Waals surface area contributed by atoms with E-state index in [4.69, 9.17) is 9.47 Å². The maximum atomic E-state index is 12.7. The van der Waals surface area contributed by atoms with Gasteiger partial charge < -0.3 is 14.6 Å². The Morgan fingerprint density at radius 2 is 1.76 bits per heavy atom. The molecule has 1 heterocycles. The van der Waals surface area contributed by atoms with Crippen LogP contribution in [0.2, 0.25) is 0 Å². The second kappa shape index (κ2) is 9.50. The van der Waals surface area contributed by atoms with E-state index in [1.807, 2.05) is 13.8 Å². The topological polar surface area (TPSA) is 76.1 Å². The summed E-state index contributed by atoms with van der Waals surface area (Å²) in [7, 11) is -3.64. The van der Waals surface area contributed by atoms with Gasteiger partial charge in [-0.1, -0.05) is 0 Å². The number of hydrogen-bond donors (Lipinski definition) is 1. The molecule has 0 radical (unpaired) electrons. The fourth-order valence-electron chi connectivity index (χ4n) is 1.79. The lowest BCUT2D eigenvalue weighted by atomic mass is 10.5. The van der Waals surface area contributed by atoms with Gasteiger partial charge in [-0.05, 0) is 25.3 Å². The number of aliphatic hydroxyl groups is 1. The minimum atomic E-state index is -3.64. The first-order chi connectivity index (χ1) is 10.1. The highest BCUT2D eigenvalue weighted by Crippen LogP contribution is 2.25. The van der Waals surface area contributed by atoms with E-state index in [-0.39, 0.29) is 24.6 Å². The molecule has 122 valence electrons. The van der Waals surface area contributed by atoms with E-state index in [1.54, 1.807) is 5.38 Å². The van der Waals surface area contributed by atoms with Crippen LogP contribution < -0.4 is 0 Å². The fourth-order valence-corrected chi connectivity index (χ4v) is 4.46. The number of aliphatic hydroxyl groups excluding tert-OH is 1. The quantitative estimate of drug-likeness (QED) is 0.616. The molecule has 1 aromatic rings. The van der Waals surface area contributed by atoms with Gasteiger partial charge in [-0.15, -0.1) is 11.3 Å². The highest BCUT2D eigenvalue weighted by Gasteiger charge is 2.27. The summed E-state index contributed by atoms with van der Waals surface area (Å²) in [6, 6.07) is 1.53. The third-order valence-corrected chi connectivity index (χ3v) is 5.86. The molecule has 21 heavy (non-hydrogen) atoms. The van der Waals surface area contributed by atoms with E-state index in [0.717, 1.165) is 0 Å². The molecule has 0 fully saturated rings. The summed E-state index contributed by atoms with van der Waals surface area (Å²) in [5, 5.41) is 10.9. The minimum absolute atomic E-state index is 0.169. The third kappa shape index (κ3) is 5.32. The number of sulfonamides is 1. The largest absolute Gasteiger partial charge is 0.391 e. The van der Waals surface area contributed by atoms with Crippen LogP contribution in [0.1, 0.15) is 18.7 Å². The van der Waals surface area contributed by atoms with Crippen molar-refractivity contribution in [2.24, 2.45) is 0 Å². The normalized spacial score (nSPS) is 12.2. The van der Waals surface area contributed by atoms with E-state index in [0.29, 0.717) is 31.3 Å². The maximum absolute atomic E-state index is 12.7. The molecule has 0 amide bonds. The molecule has 6 nitrogen and oxygen atoms in total. The zero-order valence-electron chi connectivity index (χ0n) is 12.4. The number of nitrogens with zero attached hydrogens (tertiary/aromatic N) is 1. The smallest absolute Gasteiger partial charge is 0.244 e. The van der Waals surface area contributed by atoms with Crippen LogP contribution in [0, 0.1) is 0 Å². The van der Waals surface area contributed by atoms with Gasteiger partial charge in [0.25, 0.3) is 0 Å². The van der Waals surface area contributed by atoms with Crippen LogP contribution in [0.4, 0.5) is 0 Å². The first kappa shape index (κ1) is 18.5. The van der Waals surface area contributed by atoms with Crippen LogP contribution in [0.25, 0.3) is 0 Å². The predicted octanol–water partition coefficient (Wildman–Crippen LogP) is 1.30. The van der Waals surface area contributed by atoms with E-state index < -0.39 is 10.0 Å². The summed E-state index contributed by atoms with van der Waals surface area (Å²) in [5.74, 6) is 0. The lowest BCUT2D eigenvalue weighted by Gasteiger charge is -2.22. The highest BCUT2D eigenvalue weighted by molar-refractivity contribution is 7.89. The molecule has 8 heteroatoms. The second-order valence-corrected chi connectivity index (χ2v) is 7.07. The molecule has 0 aromatic carbocycles. The standard InChI is InChI=1S/C13H23NO5S2/c1-3-18-8-6-14(7-9-19-4-2)21(16,17)13-5-10-20-12(13)11-15/h5,10,15H,3-4,6-9,11H2,1-2H3. The fraction of sp³-hybridized carbons (Fsp3) is 0.692. The highest BCUT2D eigenvalue weighted by atomic mass is 32.2. The first-order valence-electron chi connectivity index (χ1n) is 6.90. The van der Waals surface area contributed by atoms with Crippen molar-refractivity contribution in [3.8, 4) is 0 Å².